The lowest BCUT2D eigenvalue weighted by Gasteiger charge is -2.25. The van der Waals surface area contributed by atoms with Crippen molar-refractivity contribution < 1.29 is 19.3 Å². The summed E-state index contributed by atoms with van der Waals surface area (Å²) in [5, 5.41) is 24.6. The van der Waals surface area contributed by atoms with Crippen molar-refractivity contribution in [1.82, 2.24) is 0 Å². The summed E-state index contributed by atoms with van der Waals surface area (Å²) < 4.78 is 11.0. The summed E-state index contributed by atoms with van der Waals surface area (Å²) in [5.74, 6) is 1.53. The third-order valence-electron chi connectivity index (χ3n) is 9.55. The molecule has 0 radical (unpaired) electrons. The number of para-hydroxylation sites is 2. The van der Waals surface area contributed by atoms with E-state index in [9.17, 15) is 20.2 Å². The maximum Gasteiger partial charge on any atom is 0.277 e. The summed E-state index contributed by atoms with van der Waals surface area (Å²) in [7, 11) is 1.63. The van der Waals surface area contributed by atoms with Gasteiger partial charge in [0.1, 0.15) is 11.5 Å². The Labute approximate surface area is 342 Å². The van der Waals surface area contributed by atoms with Crippen molar-refractivity contribution in [3.05, 3.63) is 212 Å². The second-order valence-corrected chi connectivity index (χ2v) is 13.3. The average molecular weight is 781 g/mol. The highest BCUT2D eigenvalue weighted by Crippen LogP contribution is 2.38. The second-order valence-electron chi connectivity index (χ2n) is 13.3. The molecule has 0 saturated heterocycles. The standard InChI is InChI=1S/C49H40N4O6/c1-3-59-47-32-28-45(29-33-47)51(41-12-8-5-9-13-41)43-24-18-37(19-25-43)15-21-39-35-48(52(54)55)38(34-49(39)53(56)57)20-14-36-16-22-42(23-17-36)50(40-10-6-4-7-11-40)44-26-30-46(58-2)31-27-44/h4-35H,3H2,1-2H3. The van der Waals surface area contributed by atoms with Crippen molar-refractivity contribution in [3.63, 3.8) is 0 Å². The van der Waals surface area contributed by atoms with Crippen molar-refractivity contribution >= 4 is 69.8 Å². The molecule has 0 atom stereocenters. The lowest BCUT2D eigenvalue weighted by Crippen LogP contribution is -2.09. The Bertz CT molecular complexity index is 2580. The van der Waals surface area contributed by atoms with Gasteiger partial charge in [0.25, 0.3) is 11.4 Å². The Morgan fingerprint density at radius 2 is 0.814 bits per heavy atom. The molecule has 0 spiro atoms. The van der Waals surface area contributed by atoms with Crippen molar-refractivity contribution in [2.45, 2.75) is 6.92 Å². The molecule has 0 aliphatic carbocycles. The van der Waals surface area contributed by atoms with Crippen LogP contribution < -0.4 is 19.3 Å². The van der Waals surface area contributed by atoms with Crippen LogP contribution in [0.3, 0.4) is 0 Å². The zero-order valence-electron chi connectivity index (χ0n) is 32.4. The number of anilines is 6. The number of ether oxygens (including phenoxy) is 2. The van der Waals surface area contributed by atoms with Crippen LogP contribution in [0.1, 0.15) is 29.2 Å². The van der Waals surface area contributed by atoms with E-state index in [-0.39, 0.29) is 22.5 Å². The molecular weight excluding hydrogens is 741 g/mol. The first-order valence-electron chi connectivity index (χ1n) is 18.9. The lowest BCUT2D eigenvalue weighted by molar-refractivity contribution is -0.389. The van der Waals surface area contributed by atoms with Crippen molar-refractivity contribution in [3.8, 4) is 11.5 Å². The molecule has 0 saturated carbocycles. The molecule has 0 bridgehead atoms. The predicted molar refractivity (Wildman–Crippen MR) is 238 cm³/mol. The van der Waals surface area contributed by atoms with Gasteiger partial charge in [-0.1, -0.05) is 72.8 Å². The van der Waals surface area contributed by atoms with E-state index in [1.807, 2.05) is 165 Å². The topological polar surface area (TPSA) is 111 Å². The smallest absolute Gasteiger partial charge is 0.277 e. The molecule has 59 heavy (non-hydrogen) atoms. The molecule has 0 fully saturated rings. The van der Waals surface area contributed by atoms with Crippen LogP contribution in [-0.2, 0) is 0 Å². The molecule has 292 valence electrons. The number of nitro benzene ring substituents is 2. The van der Waals surface area contributed by atoms with E-state index in [2.05, 4.69) is 9.80 Å². The number of methoxy groups -OCH3 is 1. The van der Waals surface area contributed by atoms with Crippen molar-refractivity contribution in [1.29, 1.82) is 0 Å². The SMILES string of the molecule is CCOc1ccc(N(c2ccccc2)c2ccc(C=Cc3cc([N+](=O)[O-])c(C=Cc4ccc(N(c5ccccc5)c5ccc(OC)cc5)cc4)cc3[N+](=O)[O-])cc2)cc1. The van der Waals surface area contributed by atoms with Crippen LogP contribution >= 0.6 is 0 Å². The molecule has 0 aliphatic heterocycles. The summed E-state index contributed by atoms with van der Waals surface area (Å²) in [6, 6.07) is 53.4. The number of rotatable bonds is 15. The zero-order chi connectivity index (χ0) is 41.1. The molecule has 7 aromatic carbocycles. The first-order chi connectivity index (χ1) is 28.8. The first kappa shape index (κ1) is 39.3. The molecule has 0 heterocycles. The molecular formula is C49H40N4O6. The number of nitrogens with zero attached hydrogens (tertiary/aromatic N) is 4. The van der Waals surface area contributed by atoms with Crippen LogP contribution in [0.2, 0.25) is 0 Å². The fraction of sp³-hybridized carbons (Fsp3) is 0.0612. The minimum absolute atomic E-state index is 0.117. The highest BCUT2D eigenvalue weighted by molar-refractivity contribution is 5.84. The van der Waals surface area contributed by atoms with E-state index >= 15 is 0 Å². The Hall–Kier alpha value is -7.98. The van der Waals surface area contributed by atoms with Gasteiger partial charge < -0.3 is 19.3 Å². The van der Waals surface area contributed by atoms with Gasteiger partial charge in [0.15, 0.2) is 0 Å². The minimum Gasteiger partial charge on any atom is -0.497 e. The van der Waals surface area contributed by atoms with Gasteiger partial charge >= 0.3 is 0 Å². The summed E-state index contributed by atoms with van der Waals surface area (Å²) in [6.45, 7) is 2.52. The summed E-state index contributed by atoms with van der Waals surface area (Å²) in [4.78, 5) is 27.8. The molecule has 0 amide bonds. The largest absolute Gasteiger partial charge is 0.497 e. The minimum atomic E-state index is -0.524. The molecule has 10 nitrogen and oxygen atoms in total. The van der Waals surface area contributed by atoms with Crippen LogP contribution in [0, 0.1) is 20.2 Å². The Morgan fingerprint density at radius 3 is 1.15 bits per heavy atom. The van der Waals surface area contributed by atoms with Gasteiger partial charge in [-0.15, -0.1) is 0 Å². The monoisotopic (exact) mass is 780 g/mol. The third-order valence-corrected chi connectivity index (χ3v) is 9.55. The van der Waals surface area contributed by atoms with Crippen LogP contribution in [0.5, 0.6) is 11.5 Å². The van der Waals surface area contributed by atoms with Gasteiger partial charge in [0.05, 0.1) is 34.7 Å². The summed E-state index contributed by atoms with van der Waals surface area (Å²) in [5.41, 5.74) is 6.86. The molecule has 0 N–H and O–H groups in total. The first-order valence-corrected chi connectivity index (χ1v) is 18.9. The highest BCUT2D eigenvalue weighted by Gasteiger charge is 2.22. The molecule has 7 aromatic rings. The third kappa shape index (κ3) is 9.36. The van der Waals surface area contributed by atoms with Crippen molar-refractivity contribution in [2.75, 3.05) is 23.5 Å². The number of hydrogen-bond acceptors (Lipinski definition) is 8. The van der Waals surface area contributed by atoms with Gasteiger partial charge in [0, 0.05) is 46.3 Å². The van der Waals surface area contributed by atoms with Gasteiger partial charge in [0.2, 0.25) is 0 Å². The van der Waals surface area contributed by atoms with E-state index in [1.165, 1.54) is 24.3 Å². The van der Waals surface area contributed by atoms with E-state index in [4.69, 9.17) is 9.47 Å². The van der Waals surface area contributed by atoms with E-state index < -0.39 is 9.85 Å². The van der Waals surface area contributed by atoms with Crippen LogP contribution in [0.25, 0.3) is 24.3 Å². The maximum atomic E-state index is 12.3. The number of benzene rings is 7. The van der Waals surface area contributed by atoms with Gasteiger partial charge in [-0.3, -0.25) is 20.2 Å². The molecule has 0 aliphatic rings. The molecule has 7 rings (SSSR count). The lowest BCUT2D eigenvalue weighted by atomic mass is 10.0. The fourth-order valence-corrected chi connectivity index (χ4v) is 6.67. The average Bonchev–Trinajstić information content (AvgIpc) is 3.27. The summed E-state index contributed by atoms with van der Waals surface area (Å²) >= 11 is 0. The molecule has 10 heteroatoms. The second kappa shape index (κ2) is 18.3. The number of nitro groups is 2. The van der Waals surface area contributed by atoms with Crippen LogP contribution in [0.15, 0.2) is 170 Å². The Balaban J connectivity index is 1.13. The predicted octanol–water partition coefficient (Wildman–Crippen LogP) is 13.2. The fourth-order valence-electron chi connectivity index (χ4n) is 6.67. The van der Waals surface area contributed by atoms with Crippen LogP contribution in [0.4, 0.5) is 45.5 Å². The summed E-state index contributed by atoms with van der Waals surface area (Å²) in [6.07, 6.45) is 6.49. The Kier molecular flexibility index (Phi) is 12.2. The quantitative estimate of drug-likeness (QED) is 0.0574. The Morgan fingerprint density at radius 1 is 0.475 bits per heavy atom. The highest BCUT2D eigenvalue weighted by atomic mass is 16.6. The van der Waals surface area contributed by atoms with E-state index in [1.54, 1.807) is 19.3 Å². The maximum absolute atomic E-state index is 12.3. The van der Waals surface area contributed by atoms with Crippen molar-refractivity contribution in [2.24, 2.45) is 0 Å². The normalized spacial score (nSPS) is 11.1. The van der Waals surface area contributed by atoms with Crippen LogP contribution in [-0.4, -0.2) is 23.6 Å². The number of hydrogen-bond donors (Lipinski definition) is 0. The van der Waals surface area contributed by atoms with E-state index in [0.29, 0.717) is 6.61 Å². The van der Waals surface area contributed by atoms with E-state index in [0.717, 1.165) is 56.8 Å². The zero-order valence-corrected chi connectivity index (χ0v) is 32.4. The van der Waals surface area contributed by atoms with Gasteiger partial charge in [-0.25, -0.2) is 0 Å². The molecule has 0 aromatic heterocycles. The van der Waals surface area contributed by atoms with Gasteiger partial charge in [-0.2, -0.15) is 0 Å². The van der Waals surface area contributed by atoms with Gasteiger partial charge in [-0.05, 0) is 127 Å². The molecule has 0 unspecified atom stereocenters.